The number of nitrogens with two attached hydrogens (primary N) is 1. The predicted molar refractivity (Wildman–Crippen MR) is 94.1 cm³/mol. The molecule has 3 N–H and O–H groups in total. The maximum atomic E-state index is 12.6. The second-order valence-electron chi connectivity index (χ2n) is 4.81. The molecule has 0 aliphatic rings. The van der Waals surface area contributed by atoms with Crippen molar-refractivity contribution in [1.82, 2.24) is 0 Å². The van der Waals surface area contributed by atoms with Gasteiger partial charge in [-0.05, 0) is 42.5 Å². The number of carbonyl (C=O) groups is 1. The molecule has 0 unspecified atom stereocenters. The zero-order chi connectivity index (χ0) is 18.8. The Morgan fingerprint density at radius 2 is 1.68 bits per heavy atom. The van der Waals surface area contributed by atoms with Gasteiger partial charge in [0.25, 0.3) is 10.0 Å². The van der Waals surface area contributed by atoms with Gasteiger partial charge < -0.3 is 4.74 Å². The van der Waals surface area contributed by atoms with Crippen LogP contribution in [0.3, 0.4) is 0 Å². The van der Waals surface area contributed by atoms with Crippen molar-refractivity contribution in [3.63, 3.8) is 0 Å². The highest BCUT2D eigenvalue weighted by Gasteiger charge is 2.23. The highest BCUT2D eigenvalue weighted by Crippen LogP contribution is 2.24. The third-order valence-corrected chi connectivity index (χ3v) is 5.93. The van der Waals surface area contributed by atoms with Crippen LogP contribution in [0.5, 0.6) is 0 Å². The topological polar surface area (TPSA) is 133 Å². The van der Waals surface area contributed by atoms with Gasteiger partial charge in [-0.2, -0.15) is 0 Å². The number of rotatable bonds is 5. The van der Waals surface area contributed by atoms with Gasteiger partial charge in [0.1, 0.15) is 4.90 Å². The Bertz CT molecular complexity index is 1020. The number of hydrogen-bond donors (Lipinski definition) is 2. The number of methoxy groups -OCH3 is 1. The third kappa shape index (κ3) is 4.57. The van der Waals surface area contributed by atoms with Gasteiger partial charge in [0, 0.05) is 10.2 Å². The van der Waals surface area contributed by atoms with Gasteiger partial charge in [-0.25, -0.2) is 26.8 Å². The first-order chi connectivity index (χ1) is 11.5. The van der Waals surface area contributed by atoms with Crippen molar-refractivity contribution in [2.45, 2.75) is 9.79 Å². The average Bonchev–Trinajstić information content (AvgIpc) is 2.53. The lowest BCUT2D eigenvalue weighted by Crippen LogP contribution is -2.18. The van der Waals surface area contributed by atoms with Crippen molar-refractivity contribution in [3.8, 4) is 0 Å². The van der Waals surface area contributed by atoms with Crippen molar-refractivity contribution in [1.29, 1.82) is 0 Å². The maximum Gasteiger partial charge on any atom is 0.339 e. The number of hydrogen-bond acceptors (Lipinski definition) is 6. The van der Waals surface area contributed by atoms with E-state index < -0.39 is 26.0 Å². The maximum absolute atomic E-state index is 12.6. The van der Waals surface area contributed by atoms with Crippen LogP contribution in [0.25, 0.3) is 0 Å². The zero-order valence-electron chi connectivity index (χ0n) is 12.8. The van der Waals surface area contributed by atoms with Gasteiger partial charge in [0.2, 0.25) is 10.0 Å². The fraction of sp³-hybridized carbons (Fsp3) is 0.0714. The number of ether oxygens (including phenoxy) is 1. The Kier molecular flexibility index (Phi) is 5.52. The molecule has 0 spiro atoms. The number of carbonyl (C=O) groups excluding carboxylic acids is 1. The molecule has 0 bridgehead atoms. The first kappa shape index (κ1) is 19.4. The summed E-state index contributed by atoms with van der Waals surface area (Å²) < 4.78 is 54.9. The molecule has 134 valence electrons. The summed E-state index contributed by atoms with van der Waals surface area (Å²) in [6.07, 6.45) is 0. The summed E-state index contributed by atoms with van der Waals surface area (Å²) in [5, 5.41) is 4.99. The van der Waals surface area contributed by atoms with Crippen LogP contribution in [0.2, 0.25) is 0 Å². The molecule has 25 heavy (non-hydrogen) atoms. The SMILES string of the molecule is COC(=O)c1cc(Br)ccc1S(=O)(=O)Nc1ccc(S(N)(=O)=O)cc1. The lowest BCUT2D eigenvalue weighted by Gasteiger charge is -2.12. The van der Waals surface area contributed by atoms with Crippen LogP contribution in [0.15, 0.2) is 56.7 Å². The lowest BCUT2D eigenvalue weighted by molar-refractivity contribution is 0.0596. The Morgan fingerprint density at radius 1 is 1.08 bits per heavy atom. The van der Waals surface area contributed by atoms with E-state index in [0.29, 0.717) is 4.47 Å². The van der Waals surface area contributed by atoms with Gasteiger partial charge in [-0.1, -0.05) is 15.9 Å². The van der Waals surface area contributed by atoms with Crippen LogP contribution in [0, 0.1) is 0 Å². The van der Waals surface area contributed by atoms with Crippen LogP contribution in [0.1, 0.15) is 10.4 Å². The van der Waals surface area contributed by atoms with E-state index in [1.807, 2.05) is 0 Å². The summed E-state index contributed by atoms with van der Waals surface area (Å²) in [7, 11) is -6.86. The highest BCUT2D eigenvalue weighted by molar-refractivity contribution is 9.10. The second-order valence-corrected chi connectivity index (χ2v) is 8.93. The largest absolute Gasteiger partial charge is 0.465 e. The molecular weight excluding hydrogens is 436 g/mol. The highest BCUT2D eigenvalue weighted by atomic mass is 79.9. The number of halogens is 1. The van der Waals surface area contributed by atoms with E-state index in [1.165, 1.54) is 30.3 Å². The van der Waals surface area contributed by atoms with Crippen LogP contribution in [-0.2, 0) is 24.8 Å². The first-order valence-electron chi connectivity index (χ1n) is 6.58. The summed E-state index contributed by atoms with van der Waals surface area (Å²) >= 11 is 3.16. The number of primary sulfonamides is 1. The summed E-state index contributed by atoms with van der Waals surface area (Å²) in [5.74, 6) is -0.814. The number of nitrogens with one attached hydrogen (secondary N) is 1. The van der Waals surface area contributed by atoms with Gasteiger partial charge in [0.05, 0.1) is 17.6 Å². The summed E-state index contributed by atoms with van der Waals surface area (Å²) in [4.78, 5) is 11.4. The van der Waals surface area contributed by atoms with Crippen LogP contribution >= 0.6 is 15.9 Å². The molecule has 0 saturated carbocycles. The molecule has 0 aliphatic heterocycles. The third-order valence-electron chi connectivity index (χ3n) is 3.07. The molecule has 0 fully saturated rings. The minimum atomic E-state index is -4.12. The quantitative estimate of drug-likeness (QED) is 0.668. The van der Waals surface area contributed by atoms with Crippen LogP contribution in [0.4, 0.5) is 5.69 Å². The molecule has 0 atom stereocenters. The summed E-state index contributed by atoms with van der Waals surface area (Å²) in [6, 6.07) is 8.85. The Hall–Kier alpha value is -1.95. The molecule has 2 aromatic rings. The van der Waals surface area contributed by atoms with E-state index in [9.17, 15) is 21.6 Å². The fourth-order valence-corrected chi connectivity index (χ4v) is 4.04. The number of sulfonamides is 2. The van der Waals surface area contributed by atoms with E-state index in [1.54, 1.807) is 0 Å². The molecule has 0 heterocycles. The number of esters is 1. The van der Waals surface area contributed by atoms with Crippen molar-refractivity contribution in [2.75, 3.05) is 11.8 Å². The lowest BCUT2D eigenvalue weighted by atomic mass is 10.2. The molecule has 0 amide bonds. The second kappa shape index (κ2) is 7.12. The smallest absolute Gasteiger partial charge is 0.339 e. The van der Waals surface area contributed by atoms with Crippen molar-refractivity contribution < 1.29 is 26.4 Å². The van der Waals surface area contributed by atoms with E-state index in [0.717, 1.165) is 19.2 Å². The van der Waals surface area contributed by atoms with Crippen molar-refractivity contribution in [2.24, 2.45) is 5.14 Å². The average molecular weight is 449 g/mol. The molecular formula is C14H13BrN2O6S2. The van der Waals surface area contributed by atoms with Crippen LogP contribution in [-0.4, -0.2) is 29.9 Å². The molecule has 11 heteroatoms. The van der Waals surface area contributed by atoms with Gasteiger partial charge in [-0.3, -0.25) is 4.72 Å². The van der Waals surface area contributed by atoms with Gasteiger partial charge >= 0.3 is 5.97 Å². The van der Waals surface area contributed by atoms with Crippen molar-refractivity contribution in [3.05, 3.63) is 52.5 Å². The molecule has 0 aliphatic carbocycles. The zero-order valence-corrected chi connectivity index (χ0v) is 16.0. The monoisotopic (exact) mass is 448 g/mol. The Balaban J connectivity index is 2.42. The number of benzene rings is 2. The summed E-state index contributed by atoms with van der Waals surface area (Å²) in [5.41, 5.74) is -0.0448. The predicted octanol–water partition coefficient (Wildman–Crippen LogP) is 1.68. The molecule has 2 aromatic carbocycles. The standard InChI is InChI=1S/C14H13BrN2O6S2/c1-23-14(18)12-8-9(15)2-7-13(12)25(21,22)17-10-3-5-11(6-4-10)24(16,19)20/h2-8,17H,1H3,(H2,16,19,20). The minimum Gasteiger partial charge on any atom is -0.465 e. The molecule has 0 saturated heterocycles. The van der Waals surface area contributed by atoms with Gasteiger partial charge in [0.15, 0.2) is 0 Å². The van der Waals surface area contributed by atoms with Gasteiger partial charge in [-0.15, -0.1) is 0 Å². The molecule has 0 radical (unpaired) electrons. The first-order valence-corrected chi connectivity index (χ1v) is 10.4. The molecule has 8 nitrogen and oxygen atoms in total. The van der Waals surface area contributed by atoms with E-state index >= 15 is 0 Å². The Morgan fingerprint density at radius 3 is 2.20 bits per heavy atom. The van der Waals surface area contributed by atoms with E-state index in [-0.39, 0.29) is 21.0 Å². The molecule has 0 aromatic heterocycles. The normalized spacial score (nSPS) is 11.8. The minimum absolute atomic E-state index is 0.103. The van der Waals surface area contributed by atoms with Crippen LogP contribution < -0.4 is 9.86 Å². The summed E-state index contributed by atoms with van der Waals surface area (Å²) in [6.45, 7) is 0. The number of anilines is 1. The van der Waals surface area contributed by atoms with Crippen molar-refractivity contribution >= 4 is 47.6 Å². The molecule has 2 rings (SSSR count). The Labute approximate surface area is 153 Å². The fourth-order valence-electron chi connectivity index (χ4n) is 1.93. The van der Waals surface area contributed by atoms with E-state index in [2.05, 4.69) is 25.4 Å². The van der Waals surface area contributed by atoms with E-state index in [4.69, 9.17) is 5.14 Å².